The number of aromatic nitrogens is 2. The van der Waals surface area contributed by atoms with Crippen LogP contribution in [0, 0.1) is 0 Å². The van der Waals surface area contributed by atoms with E-state index < -0.39 is 0 Å². The molecule has 7 nitrogen and oxygen atoms in total. The molecule has 0 aromatic carbocycles. The number of aryl methyl sites for hydroxylation is 1. The highest BCUT2D eigenvalue weighted by molar-refractivity contribution is 5.80. The van der Waals surface area contributed by atoms with E-state index in [0.29, 0.717) is 19.0 Å². The first-order valence-electron chi connectivity index (χ1n) is 8.14. The van der Waals surface area contributed by atoms with E-state index in [-0.39, 0.29) is 12.0 Å². The number of aliphatic imine (C=N–C) groups is 1. The Kier molecular flexibility index (Phi) is 6.18. The average Bonchev–Trinajstić information content (AvgIpc) is 3.11. The standard InChI is InChI=1S/C15H27N5O2/c1-4-16-15(20-9-7-12(21)10-20)17-8-5-6-13-18-14(11(2)3)19-22-13/h11-12,21H,4-10H2,1-3H3,(H,16,17)/t12-/m1/s1. The van der Waals surface area contributed by atoms with Crippen LogP contribution in [0.5, 0.6) is 0 Å². The van der Waals surface area contributed by atoms with Gasteiger partial charge in [0.05, 0.1) is 6.10 Å². The molecule has 0 spiro atoms. The molecule has 124 valence electrons. The molecule has 1 aliphatic heterocycles. The normalized spacial score (nSPS) is 19.2. The van der Waals surface area contributed by atoms with Gasteiger partial charge in [-0.05, 0) is 19.8 Å². The molecule has 0 unspecified atom stereocenters. The van der Waals surface area contributed by atoms with Gasteiger partial charge in [0.15, 0.2) is 11.8 Å². The number of rotatable bonds is 6. The maximum absolute atomic E-state index is 9.63. The Balaban J connectivity index is 1.80. The summed E-state index contributed by atoms with van der Waals surface area (Å²) in [5.74, 6) is 2.61. The highest BCUT2D eigenvalue weighted by Gasteiger charge is 2.22. The summed E-state index contributed by atoms with van der Waals surface area (Å²) in [5.41, 5.74) is 0. The zero-order chi connectivity index (χ0) is 15.9. The van der Waals surface area contributed by atoms with E-state index in [2.05, 4.69) is 25.3 Å². The number of hydrogen-bond acceptors (Lipinski definition) is 5. The number of β-amino-alcohol motifs (C(OH)–C–C–N with tert-alkyl or cyclic N) is 1. The van der Waals surface area contributed by atoms with Gasteiger partial charge in [0.1, 0.15) is 0 Å². The van der Waals surface area contributed by atoms with Gasteiger partial charge in [-0.3, -0.25) is 4.99 Å². The van der Waals surface area contributed by atoms with Crippen molar-refractivity contribution >= 4 is 5.96 Å². The molecular formula is C15H27N5O2. The number of nitrogens with zero attached hydrogens (tertiary/aromatic N) is 4. The van der Waals surface area contributed by atoms with E-state index in [4.69, 9.17) is 4.52 Å². The van der Waals surface area contributed by atoms with Crippen molar-refractivity contribution in [2.75, 3.05) is 26.2 Å². The van der Waals surface area contributed by atoms with Crippen molar-refractivity contribution in [3.05, 3.63) is 11.7 Å². The Morgan fingerprint density at radius 2 is 2.36 bits per heavy atom. The maximum atomic E-state index is 9.63. The smallest absolute Gasteiger partial charge is 0.226 e. The molecule has 1 aromatic heterocycles. The van der Waals surface area contributed by atoms with Crippen molar-refractivity contribution in [3.63, 3.8) is 0 Å². The molecule has 2 N–H and O–H groups in total. The molecule has 1 aromatic rings. The average molecular weight is 309 g/mol. The Hall–Kier alpha value is -1.63. The van der Waals surface area contributed by atoms with Gasteiger partial charge in [0.2, 0.25) is 5.89 Å². The van der Waals surface area contributed by atoms with Gasteiger partial charge in [-0.1, -0.05) is 19.0 Å². The van der Waals surface area contributed by atoms with Gasteiger partial charge in [-0.25, -0.2) is 0 Å². The van der Waals surface area contributed by atoms with Crippen molar-refractivity contribution in [1.82, 2.24) is 20.4 Å². The third-order valence-corrected chi connectivity index (χ3v) is 3.61. The van der Waals surface area contributed by atoms with Gasteiger partial charge in [0, 0.05) is 38.5 Å². The molecule has 0 amide bonds. The van der Waals surface area contributed by atoms with Crippen molar-refractivity contribution in [2.24, 2.45) is 4.99 Å². The predicted molar refractivity (Wildman–Crippen MR) is 84.9 cm³/mol. The van der Waals surface area contributed by atoms with E-state index in [9.17, 15) is 5.11 Å². The summed E-state index contributed by atoms with van der Waals surface area (Å²) in [6, 6.07) is 0. The van der Waals surface area contributed by atoms with E-state index in [1.165, 1.54) is 0 Å². The highest BCUT2D eigenvalue weighted by atomic mass is 16.5. The van der Waals surface area contributed by atoms with E-state index in [1.54, 1.807) is 0 Å². The van der Waals surface area contributed by atoms with Gasteiger partial charge in [-0.2, -0.15) is 4.98 Å². The third kappa shape index (κ3) is 4.69. The number of aliphatic hydroxyl groups is 1. The summed E-state index contributed by atoms with van der Waals surface area (Å²) >= 11 is 0. The monoisotopic (exact) mass is 309 g/mol. The molecule has 2 heterocycles. The lowest BCUT2D eigenvalue weighted by molar-refractivity contribution is 0.188. The lowest BCUT2D eigenvalue weighted by Crippen LogP contribution is -2.40. The molecule has 1 fully saturated rings. The van der Waals surface area contributed by atoms with Crippen LogP contribution < -0.4 is 5.32 Å². The van der Waals surface area contributed by atoms with Crippen LogP contribution >= 0.6 is 0 Å². The summed E-state index contributed by atoms with van der Waals surface area (Å²) in [6.45, 7) is 9.19. The molecule has 1 aliphatic rings. The fourth-order valence-corrected chi connectivity index (χ4v) is 2.38. The molecule has 2 rings (SSSR count). The first kappa shape index (κ1) is 16.7. The maximum Gasteiger partial charge on any atom is 0.226 e. The Morgan fingerprint density at radius 3 is 2.95 bits per heavy atom. The van der Waals surface area contributed by atoms with Crippen LogP contribution in [-0.2, 0) is 6.42 Å². The number of guanidine groups is 1. The van der Waals surface area contributed by atoms with Gasteiger partial charge in [0.25, 0.3) is 0 Å². The minimum atomic E-state index is -0.239. The number of hydrogen-bond donors (Lipinski definition) is 2. The van der Waals surface area contributed by atoms with Crippen LogP contribution in [0.25, 0.3) is 0 Å². The van der Waals surface area contributed by atoms with Crippen LogP contribution in [0.4, 0.5) is 0 Å². The van der Waals surface area contributed by atoms with Crippen LogP contribution in [0.1, 0.15) is 51.2 Å². The summed E-state index contributed by atoms with van der Waals surface area (Å²) in [7, 11) is 0. The second-order valence-corrected chi connectivity index (χ2v) is 5.93. The molecule has 0 bridgehead atoms. The van der Waals surface area contributed by atoms with E-state index in [0.717, 1.165) is 44.1 Å². The largest absolute Gasteiger partial charge is 0.391 e. The van der Waals surface area contributed by atoms with Gasteiger partial charge >= 0.3 is 0 Å². The second kappa shape index (κ2) is 8.12. The SMILES string of the molecule is CCNC(=NCCCc1nc(C(C)C)no1)N1CC[C@@H](O)C1. The third-order valence-electron chi connectivity index (χ3n) is 3.61. The molecule has 1 saturated heterocycles. The van der Waals surface area contributed by atoms with E-state index in [1.807, 2.05) is 20.8 Å². The number of aliphatic hydroxyl groups excluding tert-OH is 1. The first-order chi connectivity index (χ1) is 10.6. The topological polar surface area (TPSA) is 86.8 Å². The zero-order valence-electron chi connectivity index (χ0n) is 13.7. The number of nitrogens with one attached hydrogen (secondary N) is 1. The Labute approximate surface area is 131 Å². The fourth-order valence-electron chi connectivity index (χ4n) is 2.38. The van der Waals surface area contributed by atoms with Crippen LogP contribution in [-0.4, -0.2) is 58.4 Å². The fraction of sp³-hybridized carbons (Fsp3) is 0.800. The quantitative estimate of drug-likeness (QED) is 0.466. The van der Waals surface area contributed by atoms with Crippen molar-refractivity contribution in [3.8, 4) is 0 Å². The summed E-state index contributed by atoms with van der Waals surface area (Å²) < 4.78 is 5.23. The highest BCUT2D eigenvalue weighted by Crippen LogP contribution is 2.11. The summed E-state index contributed by atoms with van der Waals surface area (Å²) in [5, 5.41) is 16.9. The first-order valence-corrected chi connectivity index (χ1v) is 8.14. The zero-order valence-corrected chi connectivity index (χ0v) is 13.7. The van der Waals surface area contributed by atoms with Gasteiger partial charge < -0.3 is 19.8 Å². The number of likely N-dealkylation sites (tertiary alicyclic amines) is 1. The minimum Gasteiger partial charge on any atom is -0.391 e. The van der Waals surface area contributed by atoms with E-state index >= 15 is 0 Å². The molecule has 0 saturated carbocycles. The summed E-state index contributed by atoms with van der Waals surface area (Å²) in [6.07, 6.45) is 2.18. The second-order valence-electron chi connectivity index (χ2n) is 5.93. The van der Waals surface area contributed by atoms with Crippen molar-refractivity contribution in [2.45, 2.75) is 52.1 Å². The van der Waals surface area contributed by atoms with Crippen molar-refractivity contribution in [1.29, 1.82) is 0 Å². The minimum absolute atomic E-state index is 0.239. The Morgan fingerprint density at radius 1 is 1.55 bits per heavy atom. The molecular weight excluding hydrogens is 282 g/mol. The van der Waals surface area contributed by atoms with Crippen LogP contribution in [0.2, 0.25) is 0 Å². The lowest BCUT2D eigenvalue weighted by atomic mass is 10.2. The molecule has 0 radical (unpaired) electrons. The van der Waals surface area contributed by atoms with Crippen LogP contribution in [0.3, 0.4) is 0 Å². The Bertz CT molecular complexity index is 486. The molecule has 1 atom stereocenters. The predicted octanol–water partition coefficient (Wildman–Crippen LogP) is 1.16. The summed E-state index contributed by atoms with van der Waals surface area (Å²) in [4.78, 5) is 11.1. The lowest BCUT2D eigenvalue weighted by Gasteiger charge is -2.20. The molecule has 7 heteroatoms. The van der Waals surface area contributed by atoms with Gasteiger partial charge in [-0.15, -0.1) is 0 Å². The van der Waals surface area contributed by atoms with Crippen LogP contribution in [0.15, 0.2) is 9.52 Å². The molecule has 0 aliphatic carbocycles. The van der Waals surface area contributed by atoms with Crippen molar-refractivity contribution < 1.29 is 9.63 Å². The molecule has 22 heavy (non-hydrogen) atoms.